The highest BCUT2D eigenvalue weighted by molar-refractivity contribution is 5.92. The van der Waals surface area contributed by atoms with Gasteiger partial charge in [-0.15, -0.1) is 0 Å². The Hall–Kier alpha value is -6.26. The number of aromatic amines is 1. The number of carbonyl (C=O) groups is 1. The van der Waals surface area contributed by atoms with Crippen molar-refractivity contribution in [3.63, 3.8) is 0 Å². The molecule has 0 aliphatic rings. The fraction of sp³-hybridized carbons (Fsp3) is 0.538. The molecular formula is C52H76N8O5. The second-order valence-corrected chi connectivity index (χ2v) is 15.4. The number of hydrogen-bond acceptors (Lipinski definition) is 10. The number of aryl methyl sites for hydroxylation is 1. The Balaban J connectivity index is 0.000000857. The predicted octanol–water partition coefficient (Wildman–Crippen LogP) is 11.7. The summed E-state index contributed by atoms with van der Waals surface area (Å²) in [6.45, 7) is 8.77. The zero-order chi connectivity index (χ0) is 46.9. The molecule has 0 saturated heterocycles. The first kappa shape index (κ1) is 58.7. The zero-order valence-electron chi connectivity index (χ0n) is 38.7. The predicted molar refractivity (Wildman–Crippen MR) is 261 cm³/mol. The van der Waals surface area contributed by atoms with Crippen LogP contribution >= 0.6 is 0 Å². The lowest BCUT2D eigenvalue weighted by atomic mass is 10.1. The second-order valence-electron chi connectivity index (χ2n) is 15.4. The molecule has 0 radical (unpaired) electrons. The van der Waals surface area contributed by atoms with E-state index in [2.05, 4.69) is 41.8 Å². The van der Waals surface area contributed by atoms with Crippen LogP contribution in [0.25, 0.3) is 0 Å². The fourth-order valence-corrected chi connectivity index (χ4v) is 6.19. The monoisotopic (exact) mass is 893 g/mol. The van der Waals surface area contributed by atoms with Crippen LogP contribution in [-0.4, -0.2) is 38.6 Å². The van der Waals surface area contributed by atoms with Gasteiger partial charge in [-0.05, 0) is 43.5 Å². The molecule has 0 atom stereocenters. The van der Waals surface area contributed by atoms with Gasteiger partial charge in [0.25, 0.3) is 5.56 Å². The van der Waals surface area contributed by atoms with Crippen molar-refractivity contribution >= 4 is 5.91 Å². The van der Waals surface area contributed by atoms with E-state index in [1.54, 1.807) is 59.6 Å². The Labute approximate surface area is 389 Å². The van der Waals surface area contributed by atoms with Crippen LogP contribution in [0.3, 0.4) is 0 Å². The molecule has 0 aromatic carbocycles. The van der Waals surface area contributed by atoms with E-state index >= 15 is 0 Å². The molecule has 3 N–H and O–H groups in total. The van der Waals surface area contributed by atoms with E-state index in [-0.39, 0.29) is 18.5 Å². The molecule has 0 spiro atoms. The third-order valence-electron chi connectivity index (χ3n) is 9.91. The van der Waals surface area contributed by atoms with Crippen LogP contribution in [-0.2, 0) is 6.54 Å². The van der Waals surface area contributed by atoms with Gasteiger partial charge >= 0.3 is 0 Å². The molecule has 13 nitrogen and oxygen atoms in total. The molecule has 0 aliphatic carbocycles. The number of nitrogens with zero attached hydrogens (tertiary/aromatic N) is 6. The minimum absolute atomic E-state index is 0. The van der Waals surface area contributed by atoms with E-state index < -0.39 is 5.91 Å². The lowest BCUT2D eigenvalue weighted by molar-refractivity contribution is 0.0999. The van der Waals surface area contributed by atoms with Gasteiger partial charge in [-0.1, -0.05) is 144 Å². The van der Waals surface area contributed by atoms with E-state index in [1.165, 1.54) is 134 Å². The van der Waals surface area contributed by atoms with Gasteiger partial charge in [-0.2, -0.15) is 15.8 Å². The molecule has 4 heterocycles. The normalized spacial score (nSPS) is 9.78. The average molecular weight is 893 g/mol. The van der Waals surface area contributed by atoms with E-state index in [0.29, 0.717) is 47.2 Å². The van der Waals surface area contributed by atoms with Gasteiger partial charge in [-0.25, -0.2) is 9.97 Å². The van der Waals surface area contributed by atoms with E-state index in [1.807, 2.05) is 12.1 Å². The maximum absolute atomic E-state index is 11.6. The minimum atomic E-state index is -0.455. The number of aromatic nitrogens is 4. The largest absolute Gasteiger partial charge is 0.478 e. The van der Waals surface area contributed by atoms with Crippen molar-refractivity contribution in [2.45, 2.75) is 170 Å². The first-order valence-electron chi connectivity index (χ1n) is 23.3. The molecule has 0 aliphatic heterocycles. The van der Waals surface area contributed by atoms with Gasteiger partial charge in [0.05, 0.1) is 48.1 Å². The highest BCUT2D eigenvalue weighted by Gasteiger charge is 2.03. The van der Waals surface area contributed by atoms with Crippen molar-refractivity contribution in [1.29, 1.82) is 15.8 Å². The Kier molecular flexibility index (Phi) is 36.6. The Morgan fingerprint density at radius 2 is 1.05 bits per heavy atom. The van der Waals surface area contributed by atoms with Gasteiger partial charge in [0.2, 0.25) is 23.2 Å². The second kappa shape index (κ2) is 40.5. The number of pyridine rings is 4. The van der Waals surface area contributed by atoms with E-state index in [4.69, 9.17) is 31.0 Å². The Bertz CT molecular complexity index is 2080. The van der Waals surface area contributed by atoms with Crippen LogP contribution in [0.5, 0.6) is 11.8 Å². The molecule has 13 heteroatoms. The molecule has 0 unspecified atom stereocenters. The van der Waals surface area contributed by atoms with Gasteiger partial charge < -0.3 is 24.8 Å². The summed E-state index contributed by atoms with van der Waals surface area (Å²) in [5.74, 6) is 0.575. The maximum Gasteiger partial charge on any atom is 0.251 e. The molecule has 4 aromatic rings. The number of nitrogens with one attached hydrogen (secondary N) is 1. The number of amides is 1. The molecule has 0 saturated carbocycles. The van der Waals surface area contributed by atoms with E-state index in [0.717, 1.165) is 25.8 Å². The summed E-state index contributed by atoms with van der Waals surface area (Å²) in [5.41, 5.74) is 6.74. The van der Waals surface area contributed by atoms with Crippen LogP contribution in [0.2, 0.25) is 0 Å². The first-order valence-corrected chi connectivity index (χ1v) is 23.3. The molecule has 354 valence electrons. The highest BCUT2D eigenvalue weighted by atomic mass is 16.5. The van der Waals surface area contributed by atoms with Gasteiger partial charge in [-0.3, -0.25) is 14.4 Å². The Morgan fingerprint density at radius 1 is 0.600 bits per heavy atom. The van der Waals surface area contributed by atoms with Gasteiger partial charge in [0.1, 0.15) is 0 Å². The lowest BCUT2D eigenvalue weighted by Gasteiger charge is -2.06. The summed E-state index contributed by atoms with van der Waals surface area (Å²) in [6, 6.07) is 18.3. The molecular weight excluding hydrogens is 817 g/mol. The topological polar surface area (TPSA) is 214 Å². The SMILES string of the molecule is C.CCCCCCCCCOc1cc(C#N)ccn1.CCCCCCCCCOc1cc(C(N)=O)ccn1.CCCCCCCCCn1ccc(C#N)cc1=O.N#Cc1cc[nH]c(=O)c1. The summed E-state index contributed by atoms with van der Waals surface area (Å²) < 4.78 is 12.7. The minimum Gasteiger partial charge on any atom is -0.478 e. The standard InChI is InChI=1S/C15H24N2O2.2C15H22N2O.C6H4N2O.CH4/c1-2-3-4-5-6-7-8-11-19-14-12-13(15(16)18)9-10-17-14;1-2-3-4-5-6-7-8-11-18-15-12-14(13-16)9-10-17-15;1-2-3-4-5-6-7-8-10-17-11-9-14(13-16)12-15(17)18;7-4-5-1-2-8-6(9)3-5;/h9-10,12H,2-8,11H2,1H3,(H2,16,18);9-10,12H,2-8,11H2,1H3;9,11-12H,2-8,10H2,1H3;1-3H,(H,8,9);1H4. The maximum atomic E-state index is 11.6. The molecule has 4 aromatic heterocycles. The fourth-order valence-electron chi connectivity index (χ4n) is 6.19. The number of nitrogens with two attached hydrogens (primary N) is 1. The van der Waals surface area contributed by atoms with Gasteiger partial charge in [0.15, 0.2) is 0 Å². The Morgan fingerprint density at radius 3 is 1.51 bits per heavy atom. The van der Waals surface area contributed by atoms with E-state index in [9.17, 15) is 14.4 Å². The molecule has 1 amide bonds. The van der Waals surface area contributed by atoms with Crippen molar-refractivity contribution in [3.05, 3.63) is 116 Å². The summed E-state index contributed by atoms with van der Waals surface area (Å²) in [7, 11) is 0. The van der Waals surface area contributed by atoms with Crippen molar-refractivity contribution in [3.8, 4) is 30.0 Å². The zero-order valence-corrected chi connectivity index (χ0v) is 38.7. The quantitative estimate of drug-likeness (QED) is 0.0540. The van der Waals surface area contributed by atoms with Crippen LogP contribution in [0.1, 0.15) is 190 Å². The van der Waals surface area contributed by atoms with Crippen LogP contribution in [0, 0.1) is 34.0 Å². The number of rotatable bonds is 27. The number of carbonyl (C=O) groups excluding carboxylic acids is 1. The summed E-state index contributed by atoms with van der Waals surface area (Å²) in [5, 5.41) is 25.7. The summed E-state index contributed by atoms with van der Waals surface area (Å²) >= 11 is 0. The van der Waals surface area contributed by atoms with Crippen LogP contribution in [0.4, 0.5) is 0 Å². The summed E-state index contributed by atoms with van der Waals surface area (Å²) in [6.07, 6.45) is 32.6. The number of hydrogen-bond donors (Lipinski definition) is 2. The molecule has 0 bridgehead atoms. The number of nitriles is 3. The molecule has 65 heavy (non-hydrogen) atoms. The number of primary amides is 1. The average Bonchev–Trinajstić information content (AvgIpc) is 3.31. The smallest absolute Gasteiger partial charge is 0.251 e. The van der Waals surface area contributed by atoms with Crippen molar-refractivity contribution in [1.82, 2.24) is 19.5 Å². The third-order valence-corrected chi connectivity index (χ3v) is 9.91. The van der Waals surface area contributed by atoms with Crippen molar-refractivity contribution < 1.29 is 14.3 Å². The van der Waals surface area contributed by atoms with Gasteiger partial charge in [0, 0.05) is 61.2 Å². The summed E-state index contributed by atoms with van der Waals surface area (Å²) in [4.78, 5) is 43.6. The highest BCUT2D eigenvalue weighted by Crippen LogP contribution is 2.13. The van der Waals surface area contributed by atoms with Crippen LogP contribution < -0.4 is 26.3 Å². The lowest BCUT2D eigenvalue weighted by Crippen LogP contribution is -2.18. The number of unbranched alkanes of at least 4 members (excludes halogenated alkanes) is 18. The number of H-pyrrole nitrogens is 1. The molecule has 4 rings (SSSR count). The molecule has 0 fully saturated rings. The van der Waals surface area contributed by atoms with Crippen molar-refractivity contribution in [2.75, 3.05) is 13.2 Å². The van der Waals surface area contributed by atoms with Crippen LogP contribution in [0.15, 0.2) is 82.9 Å². The number of ether oxygens (including phenoxy) is 2. The van der Waals surface area contributed by atoms with Crippen molar-refractivity contribution in [2.24, 2.45) is 5.73 Å². The first-order chi connectivity index (χ1) is 31.2. The third kappa shape index (κ3) is 31.3.